The Balaban J connectivity index is 1.86. The average Bonchev–Trinajstić information content (AvgIpc) is 3.39. The van der Waals surface area contributed by atoms with Gasteiger partial charge in [0.2, 0.25) is 0 Å². The first-order valence-electron chi connectivity index (χ1n) is 12.8. The zero-order valence-electron chi connectivity index (χ0n) is 21.7. The maximum Gasteiger partial charge on any atom is 0.314 e. The second-order valence-corrected chi connectivity index (χ2v) is 11.6. The number of hydrogen-bond donors (Lipinski definition) is 0. The molecule has 1 fully saturated rings. The zero-order valence-corrected chi connectivity index (χ0v) is 23.9. The number of ether oxygens (including phenoxy) is 2. The van der Waals surface area contributed by atoms with Crippen molar-refractivity contribution in [3.63, 3.8) is 0 Å². The summed E-state index contributed by atoms with van der Waals surface area (Å²) in [5.74, 6) is 0.710. The number of rotatable bonds is 10. The lowest BCUT2D eigenvalue weighted by Crippen LogP contribution is -2.30. The number of aromatic nitrogens is 2. The summed E-state index contributed by atoms with van der Waals surface area (Å²) < 4.78 is 14.2. The Kier molecular flexibility index (Phi) is 9.78. The standard InChI is InChI=1S/C28H39IN2O4/c1-6-7-12-24-30-26(29)23(18-34-19(2)32)31(24)17-20-13-15-22(16-14-20)25(21-10-8-9-11-21)27(33)35-28(3,4)5/h13-16,21,25H,6-12,17-18H2,1-5H3. The van der Waals surface area contributed by atoms with Crippen molar-refractivity contribution in [2.75, 3.05) is 0 Å². The third-order valence-electron chi connectivity index (χ3n) is 6.48. The Morgan fingerprint density at radius 2 is 1.83 bits per heavy atom. The molecule has 0 radical (unpaired) electrons. The molecule has 0 N–H and O–H groups in total. The number of aryl methyl sites for hydroxylation is 1. The summed E-state index contributed by atoms with van der Waals surface area (Å²) in [4.78, 5) is 29.4. The summed E-state index contributed by atoms with van der Waals surface area (Å²) in [6.45, 7) is 10.2. The number of nitrogens with zero attached hydrogens (tertiary/aromatic N) is 2. The van der Waals surface area contributed by atoms with Gasteiger partial charge in [0.15, 0.2) is 0 Å². The van der Waals surface area contributed by atoms with Crippen LogP contribution in [0.3, 0.4) is 0 Å². The van der Waals surface area contributed by atoms with Crippen LogP contribution in [0.4, 0.5) is 0 Å². The Bertz CT molecular complexity index is 1000. The van der Waals surface area contributed by atoms with E-state index in [2.05, 4.69) is 58.3 Å². The number of esters is 2. The number of carbonyl (C=O) groups is 2. The van der Waals surface area contributed by atoms with Crippen molar-refractivity contribution >= 4 is 34.5 Å². The summed E-state index contributed by atoms with van der Waals surface area (Å²) in [5, 5.41) is 0. The van der Waals surface area contributed by atoms with Crippen LogP contribution in [0.2, 0.25) is 0 Å². The first-order valence-corrected chi connectivity index (χ1v) is 13.9. The van der Waals surface area contributed by atoms with Crippen molar-refractivity contribution in [1.82, 2.24) is 9.55 Å². The van der Waals surface area contributed by atoms with Crippen LogP contribution >= 0.6 is 22.6 Å². The van der Waals surface area contributed by atoms with Gasteiger partial charge in [0.25, 0.3) is 0 Å². The van der Waals surface area contributed by atoms with Gasteiger partial charge < -0.3 is 14.0 Å². The highest BCUT2D eigenvalue weighted by Crippen LogP contribution is 2.39. The van der Waals surface area contributed by atoms with Crippen molar-refractivity contribution in [2.45, 2.75) is 104 Å². The third-order valence-corrected chi connectivity index (χ3v) is 7.34. The number of unbranched alkanes of at least 4 members (excludes halogenated alkanes) is 1. The van der Waals surface area contributed by atoms with Crippen LogP contribution in [-0.2, 0) is 38.6 Å². The number of imidazole rings is 1. The molecular weight excluding hydrogens is 555 g/mol. The molecule has 1 aliphatic rings. The van der Waals surface area contributed by atoms with Crippen molar-refractivity contribution in [1.29, 1.82) is 0 Å². The van der Waals surface area contributed by atoms with Gasteiger partial charge in [0, 0.05) is 19.9 Å². The van der Waals surface area contributed by atoms with Gasteiger partial charge in [-0.15, -0.1) is 0 Å². The molecule has 2 aromatic rings. The second kappa shape index (κ2) is 12.4. The van der Waals surface area contributed by atoms with Gasteiger partial charge in [-0.25, -0.2) is 4.98 Å². The molecule has 1 heterocycles. The summed E-state index contributed by atoms with van der Waals surface area (Å²) >= 11 is 2.23. The van der Waals surface area contributed by atoms with Crippen LogP contribution in [0.25, 0.3) is 0 Å². The van der Waals surface area contributed by atoms with E-state index in [4.69, 9.17) is 14.5 Å². The summed E-state index contributed by atoms with van der Waals surface area (Å²) in [6, 6.07) is 8.38. The Morgan fingerprint density at radius 3 is 2.40 bits per heavy atom. The number of halogens is 1. The van der Waals surface area contributed by atoms with E-state index >= 15 is 0 Å². The summed E-state index contributed by atoms with van der Waals surface area (Å²) in [5.41, 5.74) is 2.58. The molecule has 0 bridgehead atoms. The van der Waals surface area contributed by atoms with E-state index in [0.717, 1.165) is 58.5 Å². The first-order chi connectivity index (χ1) is 16.6. The van der Waals surface area contributed by atoms with Gasteiger partial charge in [-0.1, -0.05) is 50.5 Å². The topological polar surface area (TPSA) is 70.4 Å². The molecule has 0 amide bonds. The minimum absolute atomic E-state index is 0.119. The normalized spacial score (nSPS) is 15.3. The maximum absolute atomic E-state index is 13.2. The van der Waals surface area contributed by atoms with Crippen molar-refractivity contribution in [3.8, 4) is 0 Å². The van der Waals surface area contributed by atoms with Gasteiger partial charge in [-0.05, 0) is 79.7 Å². The van der Waals surface area contributed by atoms with E-state index < -0.39 is 5.60 Å². The fourth-order valence-electron chi connectivity index (χ4n) is 4.79. The maximum atomic E-state index is 13.2. The predicted octanol–water partition coefficient (Wildman–Crippen LogP) is 6.56. The molecule has 35 heavy (non-hydrogen) atoms. The smallest absolute Gasteiger partial charge is 0.314 e. The van der Waals surface area contributed by atoms with E-state index in [9.17, 15) is 9.59 Å². The summed E-state index contributed by atoms with van der Waals surface area (Å²) in [6.07, 6.45) is 7.51. The van der Waals surface area contributed by atoms with E-state index in [-0.39, 0.29) is 24.5 Å². The highest BCUT2D eigenvalue weighted by Gasteiger charge is 2.35. The fraction of sp³-hybridized carbons (Fsp3) is 0.607. The van der Waals surface area contributed by atoms with Crippen molar-refractivity contribution in [2.24, 2.45) is 5.92 Å². The largest absolute Gasteiger partial charge is 0.459 e. The molecule has 1 saturated carbocycles. The fourth-order valence-corrected chi connectivity index (χ4v) is 5.52. The van der Waals surface area contributed by atoms with Crippen LogP contribution < -0.4 is 0 Å². The molecule has 6 nitrogen and oxygen atoms in total. The zero-order chi connectivity index (χ0) is 25.6. The molecular formula is C28H39IN2O4. The molecule has 1 aliphatic carbocycles. The summed E-state index contributed by atoms with van der Waals surface area (Å²) in [7, 11) is 0. The number of hydrogen-bond acceptors (Lipinski definition) is 5. The first kappa shape index (κ1) is 27.7. The third kappa shape index (κ3) is 7.79. The molecule has 1 aromatic carbocycles. The molecule has 192 valence electrons. The van der Waals surface area contributed by atoms with E-state index in [1.807, 2.05) is 20.8 Å². The number of carbonyl (C=O) groups excluding carboxylic acids is 2. The van der Waals surface area contributed by atoms with Crippen LogP contribution in [0.15, 0.2) is 24.3 Å². The second-order valence-electron chi connectivity index (χ2n) is 10.5. The van der Waals surface area contributed by atoms with Crippen LogP contribution in [0, 0.1) is 9.62 Å². The molecule has 0 aliphatic heterocycles. The molecule has 1 unspecified atom stereocenters. The van der Waals surface area contributed by atoms with E-state index in [1.54, 1.807) is 0 Å². The Labute approximate surface area is 223 Å². The minimum atomic E-state index is -0.500. The quantitative estimate of drug-likeness (QED) is 0.230. The molecule has 3 rings (SSSR count). The highest BCUT2D eigenvalue weighted by atomic mass is 127. The SMILES string of the molecule is CCCCc1nc(I)c(COC(C)=O)n1Cc1ccc(C(C(=O)OC(C)(C)C)C2CCCC2)cc1. The molecule has 0 spiro atoms. The predicted molar refractivity (Wildman–Crippen MR) is 145 cm³/mol. The van der Waals surface area contributed by atoms with Crippen LogP contribution in [0.5, 0.6) is 0 Å². The lowest BCUT2D eigenvalue weighted by atomic mass is 9.84. The molecule has 0 saturated heterocycles. The van der Waals surface area contributed by atoms with Crippen LogP contribution in [-0.4, -0.2) is 27.1 Å². The van der Waals surface area contributed by atoms with E-state index in [0.29, 0.717) is 12.5 Å². The molecule has 1 atom stereocenters. The minimum Gasteiger partial charge on any atom is -0.459 e. The van der Waals surface area contributed by atoms with Crippen LogP contribution in [0.1, 0.15) is 102 Å². The lowest BCUT2D eigenvalue weighted by Gasteiger charge is -2.27. The highest BCUT2D eigenvalue weighted by molar-refractivity contribution is 14.1. The van der Waals surface area contributed by atoms with Gasteiger partial charge in [0.05, 0.1) is 11.6 Å². The lowest BCUT2D eigenvalue weighted by molar-refractivity contribution is -0.158. The number of benzene rings is 1. The average molecular weight is 595 g/mol. The van der Waals surface area contributed by atoms with Gasteiger partial charge in [-0.2, -0.15) is 0 Å². The Morgan fingerprint density at radius 1 is 1.17 bits per heavy atom. The van der Waals surface area contributed by atoms with Gasteiger partial charge in [-0.3, -0.25) is 9.59 Å². The molecule has 1 aromatic heterocycles. The van der Waals surface area contributed by atoms with Gasteiger partial charge >= 0.3 is 11.9 Å². The molecule has 7 heteroatoms. The Hall–Kier alpha value is -1.90. The van der Waals surface area contributed by atoms with Gasteiger partial charge in [0.1, 0.15) is 21.7 Å². The monoisotopic (exact) mass is 594 g/mol. The van der Waals surface area contributed by atoms with E-state index in [1.165, 1.54) is 19.8 Å². The van der Waals surface area contributed by atoms with Crippen molar-refractivity contribution < 1.29 is 19.1 Å². The van der Waals surface area contributed by atoms with Crippen molar-refractivity contribution in [3.05, 3.63) is 50.6 Å².